The van der Waals surface area contributed by atoms with E-state index in [-0.39, 0.29) is 40.1 Å². The number of aromatic nitrogens is 1. The molecule has 0 radical (unpaired) electrons. The maximum atomic E-state index is 13.6. The lowest BCUT2D eigenvalue weighted by molar-refractivity contribution is -0.138. The normalized spacial score (nSPS) is 11.2. The van der Waals surface area contributed by atoms with Crippen LogP contribution in [-0.4, -0.2) is 24.8 Å². The van der Waals surface area contributed by atoms with Gasteiger partial charge in [0.25, 0.3) is 0 Å². The van der Waals surface area contributed by atoms with Gasteiger partial charge in [0.05, 0.1) is 28.8 Å². The van der Waals surface area contributed by atoms with Crippen LogP contribution in [0.4, 0.5) is 17.6 Å². The van der Waals surface area contributed by atoms with Crippen molar-refractivity contribution in [3.8, 4) is 17.4 Å². The Morgan fingerprint density at radius 3 is 2.13 bits per heavy atom. The summed E-state index contributed by atoms with van der Waals surface area (Å²) in [5.41, 5.74) is -1.18. The average molecular weight is 523 g/mol. The van der Waals surface area contributed by atoms with Gasteiger partial charge in [-0.25, -0.2) is 9.37 Å². The van der Waals surface area contributed by atoms with E-state index in [0.717, 1.165) is 0 Å². The molecule has 0 N–H and O–H groups in total. The smallest absolute Gasteiger partial charge is 0.417 e. The minimum Gasteiger partial charge on any atom is -0.490 e. The number of hydrogen-bond acceptors (Lipinski definition) is 4. The molecule has 0 saturated carbocycles. The molecule has 0 atom stereocenters. The Bertz CT molecular complexity index is 899. The number of alkyl halides is 3. The lowest BCUT2D eigenvalue weighted by atomic mass is 10.3. The summed E-state index contributed by atoms with van der Waals surface area (Å²) in [5.74, 6) is -1.03. The summed E-state index contributed by atoms with van der Waals surface area (Å²) >= 11 is 23.3. The molecule has 0 bridgehead atoms. The van der Waals surface area contributed by atoms with Crippen LogP contribution in [0.1, 0.15) is 18.4 Å². The van der Waals surface area contributed by atoms with Gasteiger partial charge in [-0.2, -0.15) is 13.2 Å². The first kappa shape index (κ1) is 25.6. The van der Waals surface area contributed by atoms with Gasteiger partial charge in [0, 0.05) is 18.3 Å². The summed E-state index contributed by atoms with van der Waals surface area (Å²) in [7, 11) is 0. The third-order valence-electron chi connectivity index (χ3n) is 3.62. The highest BCUT2D eigenvalue weighted by atomic mass is 35.5. The molecule has 0 unspecified atom stereocenters. The van der Waals surface area contributed by atoms with Crippen LogP contribution in [0.3, 0.4) is 0 Å². The molecule has 0 aliphatic heterocycles. The monoisotopic (exact) mass is 521 g/mol. The van der Waals surface area contributed by atoms with E-state index in [1.165, 1.54) is 18.2 Å². The molecule has 1 aromatic carbocycles. The Morgan fingerprint density at radius 2 is 1.58 bits per heavy atom. The van der Waals surface area contributed by atoms with Crippen molar-refractivity contribution in [1.29, 1.82) is 0 Å². The van der Waals surface area contributed by atoms with Crippen LogP contribution in [0, 0.1) is 5.82 Å². The van der Waals surface area contributed by atoms with E-state index in [1.807, 2.05) is 0 Å². The van der Waals surface area contributed by atoms with Gasteiger partial charge in [-0.3, -0.25) is 0 Å². The van der Waals surface area contributed by atoms with E-state index in [1.54, 1.807) is 0 Å². The zero-order valence-corrected chi connectivity index (χ0v) is 18.6. The summed E-state index contributed by atoms with van der Waals surface area (Å²) in [6.45, 7) is 0.379. The fraction of sp³-hybridized carbons (Fsp3) is 0.316. The van der Waals surface area contributed by atoms with Crippen molar-refractivity contribution in [1.82, 2.24) is 4.98 Å². The van der Waals surface area contributed by atoms with Gasteiger partial charge >= 0.3 is 6.18 Å². The molecule has 0 amide bonds. The summed E-state index contributed by atoms with van der Waals surface area (Å²) in [6.07, 6.45) is -1.81. The SMILES string of the molecule is Fc1cc(C(F)(F)F)cnc1OCCCCOc1c(Cl)cc(OCC=C(Cl)Cl)cc1Cl. The van der Waals surface area contributed by atoms with Gasteiger partial charge in [0.15, 0.2) is 11.6 Å². The molecule has 0 saturated heterocycles. The molecule has 0 aliphatic carbocycles. The average Bonchev–Trinajstić information content (AvgIpc) is 2.66. The summed E-state index contributed by atoms with van der Waals surface area (Å²) in [4.78, 5) is 3.36. The van der Waals surface area contributed by atoms with E-state index < -0.39 is 23.4 Å². The molecule has 31 heavy (non-hydrogen) atoms. The predicted octanol–water partition coefficient (Wildman–Crippen LogP) is 7.48. The number of pyridine rings is 1. The largest absolute Gasteiger partial charge is 0.490 e. The molecular weight excluding hydrogens is 508 g/mol. The molecule has 0 aliphatic rings. The first-order chi connectivity index (χ1) is 14.6. The second kappa shape index (κ2) is 11.9. The van der Waals surface area contributed by atoms with Crippen LogP contribution >= 0.6 is 46.4 Å². The van der Waals surface area contributed by atoms with Crippen LogP contribution in [0.5, 0.6) is 17.4 Å². The van der Waals surface area contributed by atoms with Gasteiger partial charge in [-0.15, -0.1) is 0 Å². The highest BCUT2D eigenvalue weighted by molar-refractivity contribution is 6.55. The number of hydrogen-bond donors (Lipinski definition) is 0. The van der Waals surface area contributed by atoms with E-state index in [9.17, 15) is 17.6 Å². The molecule has 1 aromatic heterocycles. The van der Waals surface area contributed by atoms with Gasteiger partial charge in [-0.05, 0) is 25.0 Å². The molecule has 170 valence electrons. The van der Waals surface area contributed by atoms with Crippen molar-refractivity contribution in [2.75, 3.05) is 19.8 Å². The number of halogens is 8. The Balaban J connectivity index is 1.77. The minimum absolute atomic E-state index is 0.0313. The highest BCUT2D eigenvalue weighted by Gasteiger charge is 2.32. The maximum Gasteiger partial charge on any atom is 0.417 e. The summed E-state index contributed by atoms with van der Waals surface area (Å²) < 4.78 is 67.2. The van der Waals surface area contributed by atoms with Crippen molar-refractivity contribution in [3.05, 3.63) is 56.4 Å². The third-order valence-corrected chi connectivity index (χ3v) is 4.49. The number of nitrogens with zero attached hydrogens (tertiary/aromatic N) is 1. The molecule has 2 rings (SSSR count). The Morgan fingerprint density at radius 1 is 0.968 bits per heavy atom. The van der Waals surface area contributed by atoms with Crippen molar-refractivity contribution in [2.45, 2.75) is 19.0 Å². The van der Waals surface area contributed by atoms with Crippen LogP contribution in [0.2, 0.25) is 10.0 Å². The quantitative estimate of drug-likeness (QED) is 0.239. The van der Waals surface area contributed by atoms with Crippen molar-refractivity contribution in [2.24, 2.45) is 0 Å². The van der Waals surface area contributed by atoms with Gasteiger partial charge < -0.3 is 14.2 Å². The van der Waals surface area contributed by atoms with Crippen LogP contribution in [0.25, 0.3) is 0 Å². The second-order valence-corrected chi connectivity index (χ2v) is 7.76. The number of benzene rings is 1. The van der Waals surface area contributed by atoms with E-state index >= 15 is 0 Å². The standard InChI is InChI=1S/C19H15Cl4F4NO3/c20-13-8-12(29-6-3-16(22)23)9-14(21)17(13)30-4-1-2-5-31-18-15(24)7-11(10-28-18)19(25,26)27/h3,7-10H,1-2,4-6H2. The summed E-state index contributed by atoms with van der Waals surface area (Å²) in [5, 5.41) is 0.464. The highest BCUT2D eigenvalue weighted by Crippen LogP contribution is 2.37. The van der Waals surface area contributed by atoms with E-state index in [2.05, 4.69) is 4.98 Å². The Hall–Kier alpha value is -1.61. The molecule has 4 nitrogen and oxygen atoms in total. The molecule has 12 heteroatoms. The van der Waals surface area contributed by atoms with Crippen LogP contribution in [0.15, 0.2) is 35.0 Å². The lowest BCUT2D eigenvalue weighted by Crippen LogP contribution is -2.09. The van der Waals surface area contributed by atoms with Crippen molar-refractivity contribution < 1.29 is 31.8 Å². The van der Waals surface area contributed by atoms with Gasteiger partial charge in [0.1, 0.15) is 16.8 Å². The third kappa shape index (κ3) is 8.44. The zero-order valence-electron chi connectivity index (χ0n) is 15.6. The van der Waals surface area contributed by atoms with Gasteiger partial charge in [-0.1, -0.05) is 46.4 Å². The molecule has 0 spiro atoms. The predicted molar refractivity (Wildman–Crippen MR) is 111 cm³/mol. The fourth-order valence-corrected chi connectivity index (χ4v) is 2.89. The zero-order chi connectivity index (χ0) is 23.0. The molecular formula is C19H15Cl4F4NO3. The minimum atomic E-state index is -4.68. The van der Waals surface area contributed by atoms with Crippen LogP contribution in [-0.2, 0) is 6.18 Å². The molecule has 1 heterocycles. The summed E-state index contributed by atoms with van der Waals surface area (Å²) in [6, 6.07) is 3.37. The fourth-order valence-electron chi connectivity index (χ4n) is 2.19. The van der Waals surface area contributed by atoms with Crippen molar-refractivity contribution in [3.63, 3.8) is 0 Å². The number of unbranched alkanes of at least 4 members (excludes halogenated alkanes) is 1. The topological polar surface area (TPSA) is 40.6 Å². The Kier molecular flexibility index (Phi) is 9.81. The first-order valence-corrected chi connectivity index (χ1v) is 10.2. The number of ether oxygens (including phenoxy) is 3. The van der Waals surface area contributed by atoms with E-state index in [0.29, 0.717) is 30.9 Å². The second-order valence-electron chi connectivity index (χ2n) is 5.93. The number of rotatable bonds is 10. The van der Waals surface area contributed by atoms with Crippen LogP contribution < -0.4 is 14.2 Å². The van der Waals surface area contributed by atoms with Gasteiger partial charge in [0.2, 0.25) is 5.88 Å². The van der Waals surface area contributed by atoms with E-state index in [4.69, 9.17) is 60.6 Å². The van der Waals surface area contributed by atoms with Crippen molar-refractivity contribution >= 4 is 46.4 Å². The first-order valence-electron chi connectivity index (χ1n) is 8.69. The molecule has 0 fully saturated rings. The maximum absolute atomic E-state index is 13.6. The Labute approximate surface area is 195 Å². The lowest BCUT2D eigenvalue weighted by Gasteiger charge is -2.12. The molecule has 2 aromatic rings.